The van der Waals surface area contributed by atoms with Gasteiger partial charge in [0.25, 0.3) is 0 Å². The summed E-state index contributed by atoms with van der Waals surface area (Å²) in [6, 6.07) is 19.0. The number of nitrogens with one attached hydrogen (secondary N) is 1. The number of benzene rings is 2. The first-order chi connectivity index (χ1) is 18.8. The van der Waals surface area contributed by atoms with E-state index in [-0.39, 0.29) is 17.8 Å². The Hall–Kier alpha value is -3.34. The summed E-state index contributed by atoms with van der Waals surface area (Å²) in [5, 5.41) is 3.70. The van der Waals surface area contributed by atoms with E-state index >= 15 is 0 Å². The molecule has 5 heteroatoms. The lowest BCUT2D eigenvalue weighted by Crippen LogP contribution is -2.12. The molecule has 39 heavy (non-hydrogen) atoms. The number of nitrogens with zero attached hydrogens (tertiary/aromatic N) is 1. The van der Waals surface area contributed by atoms with Crippen molar-refractivity contribution in [1.29, 1.82) is 0 Å². The van der Waals surface area contributed by atoms with Gasteiger partial charge in [-0.1, -0.05) is 70.5 Å². The second kappa shape index (κ2) is 14.7. The number of carbonyl (C=O) groups is 2. The fraction of sp³-hybridized carbons (Fsp3) is 0.471. The first-order valence-electron chi connectivity index (χ1n) is 14.6. The topological polar surface area (TPSA) is 60.3 Å². The van der Waals surface area contributed by atoms with E-state index < -0.39 is 0 Å². The molecule has 0 spiro atoms. The van der Waals surface area contributed by atoms with E-state index in [0.29, 0.717) is 30.9 Å². The largest absolute Gasteiger partial charge is 0.466 e. The molecule has 210 valence electrons. The second-order valence-electron chi connectivity index (χ2n) is 10.8. The van der Waals surface area contributed by atoms with E-state index in [2.05, 4.69) is 61.8 Å². The van der Waals surface area contributed by atoms with Gasteiger partial charge in [0.05, 0.1) is 12.6 Å². The summed E-state index contributed by atoms with van der Waals surface area (Å²) in [5.74, 6) is 0.503. The minimum Gasteiger partial charge on any atom is -0.466 e. The minimum absolute atomic E-state index is 0.0350. The maximum atomic E-state index is 13.7. The lowest BCUT2D eigenvalue weighted by atomic mass is 9.97. The van der Waals surface area contributed by atoms with E-state index in [1.807, 2.05) is 44.3 Å². The number of rotatable bonds is 15. The van der Waals surface area contributed by atoms with Gasteiger partial charge in [-0.3, -0.25) is 9.59 Å². The molecular formula is C34H46N2O3. The lowest BCUT2D eigenvalue weighted by Gasteiger charge is -2.21. The van der Waals surface area contributed by atoms with Crippen LogP contribution in [0.4, 0.5) is 5.69 Å². The van der Waals surface area contributed by atoms with E-state index in [1.165, 1.54) is 11.1 Å². The third-order valence-corrected chi connectivity index (χ3v) is 7.23. The highest BCUT2D eigenvalue weighted by molar-refractivity contribution is 6.10. The average Bonchev–Trinajstić information content (AvgIpc) is 3.23. The summed E-state index contributed by atoms with van der Waals surface area (Å²) in [6.45, 7) is 11.0. The highest BCUT2D eigenvalue weighted by atomic mass is 16.5. The Morgan fingerprint density at radius 1 is 1.00 bits per heavy atom. The van der Waals surface area contributed by atoms with Crippen LogP contribution in [-0.4, -0.2) is 22.9 Å². The van der Waals surface area contributed by atoms with Gasteiger partial charge in [-0.25, -0.2) is 0 Å². The summed E-state index contributed by atoms with van der Waals surface area (Å²) in [5.41, 5.74) is 7.10. The van der Waals surface area contributed by atoms with Crippen molar-refractivity contribution in [2.24, 2.45) is 13.0 Å². The van der Waals surface area contributed by atoms with Crippen molar-refractivity contribution in [3.05, 3.63) is 88.2 Å². The van der Waals surface area contributed by atoms with Crippen LogP contribution in [0.25, 0.3) is 0 Å². The first kappa shape index (κ1) is 30.2. The maximum absolute atomic E-state index is 13.7. The van der Waals surface area contributed by atoms with Crippen LogP contribution >= 0.6 is 0 Å². The molecule has 0 bridgehead atoms. The number of carbonyl (C=O) groups excluding carboxylic acids is 2. The number of hydrogen-bond donors (Lipinski definition) is 1. The molecule has 1 heterocycles. The van der Waals surface area contributed by atoms with Crippen LogP contribution in [0.2, 0.25) is 0 Å². The molecule has 0 aliphatic heterocycles. The van der Waals surface area contributed by atoms with Crippen LogP contribution < -0.4 is 5.32 Å². The highest BCUT2D eigenvalue weighted by Gasteiger charge is 2.20. The minimum atomic E-state index is -0.170. The zero-order chi connectivity index (χ0) is 28.4. The van der Waals surface area contributed by atoms with Crippen LogP contribution in [0.1, 0.15) is 105 Å². The zero-order valence-corrected chi connectivity index (χ0v) is 24.7. The quantitative estimate of drug-likeness (QED) is 0.160. The van der Waals surface area contributed by atoms with Gasteiger partial charge in [0.15, 0.2) is 5.78 Å². The molecule has 0 saturated heterocycles. The molecule has 0 amide bonds. The van der Waals surface area contributed by atoms with Gasteiger partial charge in [-0.15, -0.1) is 0 Å². The van der Waals surface area contributed by atoms with Crippen molar-refractivity contribution in [2.45, 2.75) is 85.6 Å². The van der Waals surface area contributed by atoms with Gasteiger partial charge in [0, 0.05) is 41.7 Å². The Bertz CT molecular complexity index is 1220. The van der Waals surface area contributed by atoms with Crippen LogP contribution in [0.5, 0.6) is 0 Å². The fourth-order valence-corrected chi connectivity index (χ4v) is 5.29. The monoisotopic (exact) mass is 530 g/mol. The number of ketones is 1. The molecule has 3 aromatic rings. The van der Waals surface area contributed by atoms with Crippen LogP contribution in [0.3, 0.4) is 0 Å². The molecule has 5 nitrogen and oxygen atoms in total. The van der Waals surface area contributed by atoms with Gasteiger partial charge < -0.3 is 14.6 Å². The fourth-order valence-electron chi connectivity index (χ4n) is 5.29. The molecule has 2 aromatic carbocycles. The lowest BCUT2D eigenvalue weighted by molar-refractivity contribution is -0.143. The number of aryl methyl sites for hydroxylation is 1. The normalized spacial score (nSPS) is 12.0. The number of esters is 1. The van der Waals surface area contributed by atoms with Crippen molar-refractivity contribution >= 4 is 17.4 Å². The summed E-state index contributed by atoms with van der Waals surface area (Å²) < 4.78 is 7.16. The Balaban J connectivity index is 1.78. The number of anilines is 1. The smallest absolute Gasteiger partial charge is 0.305 e. The highest BCUT2D eigenvalue weighted by Crippen LogP contribution is 2.27. The number of aromatic nitrogens is 1. The molecule has 1 N–H and O–H groups in total. The maximum Gasteiger partial charge on any atom is 0.305 e. The van der Waals surface area contributed by atoms with E-state index in [1.54, 1.807) is 0 Å². The van der Waals surface area contributed by atoms with Gasteiger partial charge in [0.2, 0.25) is 0 Å². The molecule has 1 aromatic heterocycles. The third-order valence-electron chi connectivity index (χ3n) is 7.23. The molecule has 0 radical (unpaired) electrons. The molecule has 1 unspecified atom stereocenters. The molecule has 1 atom stereocenters. The number of ether oxygens (including phenoxy) is 1. The Morgan fingerprint density at radius 2 is 1.74 bits per heavy atom. The Labute approximate surface area is 235 Å². The van der Waals surface area contributed by atoms with E-state index in [9.17, 15) is 9.59 Å². The second-order valence-corrected chi connectivity index (χ2v) is 10.8. The Morgan fingerprint density at radius 3 is 2.38 bits per heavy atom. The van der Waals surface area contributed by atoms with Crippen molar-refractivity contribution in [1.82, 2.24) is 4.57 Å². The van der Waals surface area contributed by atoms with Crippen molar-refractivity contribution < 1.29 is 14.3 Å². The first-order valence-corrected chi connectivity index (χ1v) is 14.6. The SMILES string of the molecule is CCCC(Nc1cccc(C(=O)c2cc(CCCC(=O)OCC)n(C)c2CC)c1)c1ccc(CC(C)C)cc1. The summed E-state index contributed by atoms with van der Waals surface area (Å²) in [4.78, 5) is 25.4. The predicted octanol–water partition coefficient (Wildman–Crippen LogP) is 7.86. The Kier molecular flexibility index (Phi) is 11.4. The van der Waals surface area contributed by atoms with Crippen molar-refractivity contribution in [3.8, 4) is 0 Å². The van der Waals surface area contributed by atoms with Crippen LogP contribution in [0, 0.1) is 5.92 Å². The summed E-state index contributed by atoms with van der Waals surface area (Å²) in [6.07, 6.45) is 5.73. The molecule has 0 fully saturated rings. The van der Waals surface area contributed by atoms with Gasteiger partial charge in [0.1, 0.15) is 0 Å². The van der Waals surface area contributed by atoms with Crippen molar-refractivity contribution in [2.75, 3.05) is 11.9 Å². The van der Waals surface area contributed by atoms with Gasteiger partial charge in [-0.05, 0) is 74.3 Å². The summed E-state index contributed by atoms with van der Waals surface area (Å²) >= 11 is 0. The van der Waals surface area contributed by atoms with E-state index in [4.69, 9.17) is 4.74 Å². The standard InChI is InChI=1S/C34H46N2O3/c1-7-12-31(26-19-17-25(18-20-26)21-24(4)5)35-28-14-10-13-27(22-28)34(38)30-23-29(36(6)32(30)8-2)15-11-16-33(37)39-9-3/h10,13-14,17-20,22-24,31,35H,7-9,11-12,15-16,21H2,1-6H3. The zero-order valence-electron chi connectivity index (χ0n) is 24.7. The number of hydrogen-bond acceptors (Lipinski definition) is 4. The van der Waals surface area contributed by atoms with Crippen LogP contribution in [-0.2, 0) is 35.8 Å². The van der Waals surface area contributed by atoms with Gasteiger partial charge in [-0.2, -0.15) is 0 Å². The van der Waals surface area contributed by atoms with Gasteiger partial charge >= 0.3 is 5.97 Å². The third kappa shape index (κ3) is 8.32. The van der Waals surface area contributed by atoms with Crippen LogP contribution in [0.15, 0.2) is 54.6 Å². The van der Waals surface area contributed by atoms with Crippen molar-refractivity contribution in [3.63, 3.8) is 0 Å². The molecule has 0 saturated carbocycles. The molecule has 0 aliphatic rings. The summed E-state index contributed by atoms with van der Waals surface area (Å²) in [7, 11) is 2.01. The predicted molar refractivity (Wildman–Crippen MR) is 160 cm³/mol. The molecule has 0 aliphatic carbocycles. The van der Waals surface area contributed by atoms with E-state index in [0.717, 1.165) is 54.7 Å². The molecular weight excluding hydrogens is 484 g/mol. The molecule has 3 rings (SSSR count). The average molecular weight is 531 g/mol.